The van der Waals surface area contributed by atoms with Crippen LogP contribution in [0.15, 0.2) is 6.20 Å². The van der Waals surface area contributed by atoms with Crippen molar-refractivity contribution in [3.05, 3.63) is 17.5 Å². The highest BCUT2D eigenvalue weighted by atomic mass is 16.4. The maximum absolute atomic E-state index is 10.9. The monoisotopic (exact) mass is 219 g/mol. The molecule has 1 aliphatic carbocycles. The Kier molecular flexibility index (Phi) is 2.43. The van der Waals surface area contributed by atoms with Crippen LogP contribution in [-0.2, 0) is 5.54 Å². The standard InChI is InChI=1S/C11H13N3O2/c1-11(4-2-3-5-11)14-9(6-12)8(7-13-14)10(15)16/h7H,2-5H2,1H3,(H,15,16). The van der Waals surface area contributed by atoms with Crippen LogP contribution in [0.25, 0.3) is 0 Å². The van der Waals surface area contributed by atoms with Crippen molar-refractivity contribution in [1.29, 1.82) is 5.26 Å². The molecule has 1 aromatic rings. The molecule has 0 saturated heterocycles. The van der Waals surface area contributed by atoms with Gasteiger partial charge in [-0.2, -0.15) is 10.4 Å². The Morgan fingerprint density at radius 3 is 2.75 bits per heavy atom. The van der Waals surface area contributed by atoms with Gasteiger partial charge in [-0.15, -0.1) is 0 Å². The van der Waals surface area contributed by atoms with E-state index in [-0.39, 0.29) is 16.8 Å². The summed E-state index contributed by atoms with van der Waals surface area (Å²) in [7, 11) is 0. The number of carboxylic acid groups (broad SMARTS) is 1. The largest absolute Gasteiger partial charge is 0.478 e. The average molecular weight is 219 g/mol. The number of carboxylic acids is 1. The molecule has 0 spiro atoms. The normalized spacial score (nSPS) is 18.2. The molecule has 1 saturated carbocycles. The minimum atomic E-state index is -1.09. The summed E-state index contributed by atoms with van der Waals surface area (Å²) in [4.78, 5) is 10.9. The molecule has 1 N–H and O–H groups in total. The van der Waals surface area contributed by atoms with E-state index in [0.29, 0.717) is 0 Å². The Hall–Kier alpha value is -1.83. The molecule has 5 nitrogen and oxygen atoms in total. The van der Waals surface area contributed by atoms with Crippen molar-refractivity contribution < 1.29 is 9.90 Å². The van der Waals surface area contributed by atoms with Gasteiger partial charge in [0, 0.05) is 0 Å². The minimum Gasteiger partial charge on any atom is -0.478 e. The van der Waals surface area contributed by atoms with Crippen molar-refractivity contribution in [1.82, 2.24) is 9.78 Å². The van der Waals surface area contributed by atoms with Gasteiger partial charge >= 0.3 is 5.97 Å². The van der Waals surface area contributed by atoms with Crippen molar-refractivity contribution in [2.45, 2.75) is 38.1 Å². The van der Waals surface area contributed by atoms with Crippen LogP contribution in [0.3, 0.4) is 0 Å². The van der Waals surface area contributed by atoms with Crippen LogP contribution in [0.1, 0.15) is 48.7 Å². The van der Waals surface area contributed by atoms with Crippen molar-refractivity contribution >= 4 is 5.97 Å². The SMILES string of the molecule is CC1(n2ncc(C(=O)O)c2C#N)CCCC1. The highest BCUT2D eigenvalue weighted by Crippen LogP contribution is 2.36. The second-order valence-corrected chi connectivity index (χ2v) is 4.44. The van der Waals surface area contributed by atoms with Crippen molar-refractivity contribution in [2.75, 3.05) is 0 Å². The molecule has 0 bridgehead atoms. The Balaban J connectivity index is 2.50. The first-order valence-electron chi connectivity index (χ1n) is 5.30. The Morgan fingerprint density at radius 1 is 1.62 bits per heavy atom. The lowest BCUT2D eigenvalue weighted by Crippen LogP contribution is -2.29. The number of hydrogen-bond donors (Lipinski definition) is 1. The fourth-order valence-electron chi connectivity index (χ4n) is 2.37. The molecule has 1 aliphatic rings. The van der Waals surface area contributed by atoms with Gasteiger partial charge in [-0.05, 0) is 19.8 Å². The predicted octanol–water partition coefficient (Wildman–Crippen LogP) is 1.74. The second kappa shape index (κ2) is 3.63. The molecule has 1 aromatic heterocycles. The van der Waals surface area contributed by atoms with Crippen LogP contribution >= 0.6 is 0 Å². The molecule has 0 atom stereocenters. The van der Waals surface area contributed by atoms with E-state index in [4.69, 9.17) is 10.4 Å². The van der Waals surface area contributed by atoms with Gasteiger partial charge in [0.2, 0.25) is 0 Å². The molecule has 84 valence electrons. The predicted molar refractivity (Wildman–Crippen MR) is 56.0 cm³/mol. The van der Waals surface area contributed by atoms with E-state index in [1.807, 2.05) is 13.0 Å². The van der Waals surface area contributed by atoms with Gasteiger partial charge < -0.3 is 5.11 Å². The van der Waals surface area contributed by atoms with Gasteiger partial charge in [0.1, 0.15) is 11.6 Å². The highest BCUT2D eigenvalue weighted by Gasteiger charge is 2.34. The molecule has 5 heteroatoms. The quantitative estimate of drug-likeness (QED) is 0.821. The summed E-state index contributed by atoms with van der Waals surface area (Å²) in [6, 6.07) is 1.95. The third-order valence-electron chi connectivity index (χ3n) is 3.30. The van der Waals surface area contributed by atoms with Gasteiger partial charge in [-0.3, -0.25) is 0 Å². The maximum Gasteiger partial charge on any atom is 0.340 e. The molecule has 0 amide bonds. The smallest absolute Gasteiger partial charge is 0.340 e. The van der Waals surface area contributed by atoms with Crippen LogP contribution in [0.5, 0.6) is 0 Å². The van der Waals surface area contributed by atoms with Gasteiger partial charge in [0.05, 0.1) is 11.7 Å². The van der Waals surface area contributed by atoms with Crippen molar-refractivity contribution in [2.24, 2.45) is 0 Å². The van der Waals surface area contributed by atoms with Crippen LogP contribution in [0, 0.1) is 11.3 Å². The van der Waals surface area contributed by atoms with E-state index >= 15 is 0 Å². The Bertz CT molecular complexity index is 464. The Labute approximate surface area is 93.3 Å². The summed E-state index contributed by atoms with van der Waals surface area (Å²) in [5.41, 5.74) is -0.0359. The lowest BCUT2D eigenvalue weighted by Gasteiger charge is -2.25. The van der Waals surface area contributed by atoms with Crippen LogP contribution in [0.4, 0.5) is 0 Å². The van der Waals surface area contributed by atoms with E-state index in [0.717, 1.165) is 25.7 Å². The summed E-state index contributed by atoms with van der Waals surface area (Å²) >= 11 is 0. The first-order chi connectivity index (χ1) is 7.58. The minimum absolute atomic E-state index is 0.00405. The lowest BCUT2D eigenvalue weighted by atomic mass is 10.0. The molecule has 0 aliphatic heterocycles. The fourth-order valence-corrected chi connectivity index (χ4v) is 2.37. The summed E-state index contributed by atoms with van der Waals surface area (Å²) in [6.45, 7) is 2.03. The lowest BCUT2D eigenvalue weighted by molar-refractivity contribution is 0.0696. The number of hydrogen-bond acceptors (Lipinski definition) is 3. The number of nitriles is 1. The number of aromatic carboxylic acids is 1. The first-order valence-corrected chi connectivity index (χ1v) is 5.30. The molecule has 0 unspecified atom stereocenters. The number of nitrogens with zero attached hydrogens (tertiary/aromatic N) is 3. The third kappa shape index (κ3) is 1.47. The van der Waals surface area contributed by atoms with Crippen LogP contribution in [0.2, 0.25) is 0 Å². The molecule has 0 radical (unpaired) electrons. The number of aromatic nitrogens is 2. The average Bonchev–Trinajstić information content (AvgIpc) is 2.83. The van der Waals surface area contributed by atoms with E-state index < -0.39 is 5.97 Å². The maximum atomic E-state index is 10.9. The van der Waals surface area contributed by atoms with Crippen molar-refractivity contribution in [3.63, 3.8) is 0 Å². The highest BCUT2D eigenvalue weighted by molar-refractivity contribution is 5.89. The molecular formula is C11H13N3O2. The van der Waals surface area contributed by atoms with E-state index in [1.54, 1.807) is 4.68 Å². The zero-order chi connectivity index (χ0) is 11.8. The summed E-state index contributed by atoms with van der Waals surface area (Å²) < 4.78 is 1.59. The van der Waals surface area contributed by atoms with Crippen LogP contribution < -0.4 is 0 Å². The first kappa shape index (κ1) is 10.7. The summed E-state index contributed by atoms with van der Waals surface area (Å²) in [5, 5.41) is 22.0. The van der Waals surface area contributed by atoms with Gasteiger partial charge in [-0.25, -0.2) is 9.48 Å². The second-order valence-electron chi connectivity index (χ2n) is 4.44. The summed E-state index contributed by atoms with van der Waals surface area (Å²) in [6.07, 6.45) is 5.36. The molecular weight excluding hydrogens is 206 g/mol. The van der Waals surface area contributed by atoms with Gasteiger partial charge in [-0.1, -0.05) is 12.8 Å². The molecule has 2 rings (SSSR count). The van der Waals surface area contributed by atoms with Gasteiger partial charge in [0.15, 0.2) is 5.69 Å². The fraction of sp³-hybridized carbons (Fsp3) is 0.545. The van der Waals surface area contributed by atoms with Crippen LogP contribution in [-0.4, -0.2) is 20.9 Å². The van der Waals surface area contributed by atoms with Gasteiger partial charge in [0.25, 0.3) is 0 Å². The molecule has 1 heterocycles. The van der Waals surface area contributed by atoms with E-state index in [2.05, 4.69) is 5.10 Å². The van der Waals surface area contributed by atoms with E-state index in [1.165, 1.54) is 6.20 Å². The summed E-state index contributed by atoms with van der Waals surface area (Å²) in [5.74, 6) is -1.09. The topological polar surface area (TPSA) is 78.9 Å². The zero-order valence-electron chi connectivity index (χ0n) is 9.10. The van der Waals surface area contributed by atoms with E-state index in [9.17, 15) is 4.79 Å². The Morgan fingerprint density at radius 2 is 2.25 bits per heavy atom. The zero-order valence-corrected chi connectivity index (χ0v) is 9.10. The third-order valence-corrected chi connectivity index (χ3v) is 3.30. The number of rotatable bonds is 2. The molecule has 0 aromatic carbocycles. The molecule has 1 fully saturated rings. The number of carbonyl (C=O) groups is 1. The van der Waals surface area contributed by atoms with Crippen molar-refractivity contribution in [3.8, 4) is 6.07 Å². The molecule has 16 heavy (non-hydrogen) atoms.